The molecule has 2 aliphatic heterocycles. The Labute approximate surface area is 195 Å². The number of hydrogen-bond donors (Lipinski definition) is 0. The van der Waals surface area contributed by atoms with Crippen LogP contribution in [0.1, 0.15) is 27.2 Å². The average molecular weight is 466 g/mol. The smallest absolute Gasteiger partial charge is 0.257 e. The van der Waals surface area contributed by atoms with Gasteiger partial charge in [0.05, 0.1) is 36.6 Å². The number of morpholine rings is 1. The summed E-state index contributed by atoms with van der Waals surface area (Å²) in [6.07, 6.45) is 0.480. The van der Waals surface area contributed by atoms with Gasteiger partial charge in [-0.05, 0) is 42.8 Å². The second-order valence-corrected chi connectivity index (χ2v) is 8.32. The van der Waals surface area contributed by atoms with E-state index >= 15 is 0 Å². The van der Waals surface area contributed by atoms with Crippen LogP contribution in [0.15, 0.2) is 42.5 Å². The predicted octanol–water partition coefficient (Wildman–Crippen LogP) is 3.89. The molecule has 2 aliphatic rings. The van der Waals surface area contributed by atoms with Crippen LogP contribution in [0.5, 0.6) is 11.6 Å². The number of anilines is 1. The Morgan fingerprint density at radius 3 is 2.59 bits per heavy atom. The zero-order chi connectivity index (χ0) is 23.7. The lowest BCUT2D eigenvalue weighted by Gasteiger charge is -2.32. The molecule has 0 atom stereocenters. The van der Waals surface area contributed by atoms with Crippen molar-refractivity contribution >= 4 is 11.9 Å². The van der Waals surface area contributed by atoms with Gasteiger partial charge in [0.15, 0.2) is 0 Å². The number of carbonyl (C=O) groups excluding carboxylic acids is 1. The van der Waals surface area contributed by atoms with E-state index in [-0.39, 0.29) is 17.9 Å². The van der Waals surface area contributed by atoms with E-state index in [1.165, 1.54) is 24.3 Å². The van der Waals surface area contributed by atoms with Crippen molar-refractivity contribution in [2.45, 2.75) is 19.9 Å². The van der Waals surface area contributed by atoms with E-state index in [9.17, 15) is 13.6 Å². The van der Waals surface area contributed by atoms with E-state index in [1.54, 1.807) is 30.0 Å². The van der Waals surface area contributed by atoms with Crippen LogP contribution in [0.4, 0.5) is 14.7 Å². The van der Waals surface area contributed by atoms with E-state index in [4.69, 9.17) is 14.5 Å². The van der Waals surface area contributed by atoms with Crippen LogP contribution >= 0.6 is 0 Å². The molecule has 176 valence electrons. The highest BCUT2D eigenvalue weighted by atomic mass is 19.1. The largest absolute Gasteiger partial charge is 0.438 e. The summed E-state index contributed by atoms with van der Waals surface area (Å²) in [5.41, 5.74) is 1.91. The lowest BCUT2D eigenvalue weighted by Crippen LogP contribution is -2.39. The van der Waals surface area contributed by atoms with Crippen molar-refractivity contribution in [3.8, 4) is 11.6 Å². The van der Waals surface area contributed by atoms with Crippen molar-refractivity contribution in [1.29, 1.82) is 0 Å². The van der Waals surface area contributed by atoms with Crippen LogP contribution < -0.4 is 9.64 Å². The Morgan fingerprint density at radius 2 is 1.82 bits per heavy atom. The summed E-state index contributed by atoms with van der Waals surface area (Å²) in [7, 11) is 0. The van der Waals surface area contributed by atoms with Gasteiger partial charge < -0.3 is 19.3 Å². The highest BCUT2D eigenvalue weighted by Crippen LogP contribution is 2.32. The quantitative estimate of drug-likeness (QED) is 0.581. The van der Waals surface area contributed by atoms with Crippen LogP contribution in [-0.2, 0) is 17.7 Å². The Morgan fingerprint density at radius 1 is 1.03 bits per heavy atom. The second kappa shape index (κ2) is 9.34. The summed E-state index contributed by atoms with van der Waals surface area (Å²) in [5.74, 6) is -0.00799. The van der Waals surface area contributed by atoms with Crippen LogP contribution in [-0.4, -0.2) is 53.6 Å². The Balaban J connectivity index is 1.50. The van der Waals surface area contributed by atoms with Gasteiger partial charge >= 0.3 is 0 Å². The number of amides is 1. The summed E-state index contributed by atoms with van der Waals surface area (Å²) in [6.45, 7) is 4.72. The van der Waals surface area contributed by atoms with Crippen molar-refractivity contribution in [2.75, 3.05) is 37.7 Å². The molecule has 0 radical (unpaired) electrons. The van der Waals surface area contributed by atoms with Crippen LogP contribution in [0, 0.1) is 18.6 Å². The minimum atomic E-state index is -0.560. The molecule has 7 nitrogen and oxygen atoms in total. The van der Waals surface area contributed by atoms with E-state index in [0.717, 1.165) is 5.69 Å². The normalized spacial score (nSPS) is 15.7. The second-order valence-electron chi connectivity index (χ2n) is 8.32. The summed E-state index contributed by atoms with van der Waals surface area (Å²) < 4.78 is 39.6. The molecule has 0 bridgehead atoms. The SMILES string of the molecule is Cc1cc(Oc2nc(N3CCOCC3)nc3c2CN(C(=O)c2ccccc2F)CC3)ccc1F. The first kappa shape index (κ1) is 22.2. The molecule has 0 N–H and O–H groups in total. The highest BCUT2D eigenvalue weighted by molar-refractivity contribution is 5.94. The zero-order valence-electron chi connectivity index (χ0n) is 18.8. The maximum atomic E-state index is 14.2. The fourth-order valence-corrected chi connectivity index (χ4v) is 4.13. The van der Waals surface area contributed by atoms with E-state index in [2.05, 4.69) is 4.98 Å². The molecule has 3 aromatic rings. The first-order chi connectivity index (χ1) is 16.5. The summed E-state index contributed by atoms with van der Waals surface area (Å²) in [5, 5.41) is 0. The standard InChI is InChI=1S/C25H24F2N4O3/c1-16-14-17(6-7-20(16)26)34-23-19-15-31(24(32)18-4-2-3-5-21(18)27)9-8-22(19)28-25(29-23)30-10-12-33-13-11-30/h2-7,14H,8-13,15H2,1H3. The lowest BCUT2D eigenvalue weighted by atomic mass is 10.0. The lowest BCUT2D eigenvalue weighted by molar-refractivity contribution is 0.0727. The van der Waals surface area contributed by atoms with Gasteiger partial charge in [0.1, 0.15) is 17.4 Å². The van der Waals surface area contributed by atoms with Crippen LogP contribution in [0.3, 0.4) is 0 Å². The molecule has 0 unspecified atom stereocenters. The Bertz CT molecular complexity index is 1230. The zero-order valence-corrected chi connectivity index (χ0v) is 18.8. The number of rotatable bonds is 4. The van der Waals surface area contributed by atoms with Gasteiger partial charge in [-0.15, -0.1) is 0 Å². The van der Waals surface area contributed by atoms with Gasteiger partial charge in [-0.1, -0.05) is 12.1 Å². The van der Waals surface area contributed by atoms with Crippen LogP contribution in [0.2, 0.25) is 0 Å². The monoisotopic (exact) mass is 466 g/mol. The third-order valence-electron chi connectivity index (χ3n) is 6.04. The number of hydrogen-bond acceptors (Lipinski definition) is 6. The van der Waals surface area contributed by atoms with E-state index < -0.39 is 11.7 Å². The number of aromatic nitrogens is 2. The average Bonchev–Trinajstić information content (AvgIpc) is 2.86. The number of halogens is 2. The highest BCUT2D eigenvalue weighted by Gasteiger charge is 2.29. The summed E-state index contributed by atoms with van der Waals surface area (Å²) in [4.78, 5) is 26.1. The summed E-state index contributed by atoms with van der Waals surface area (Å²) >= 11 is 0. The van der Waals surface area contributed by atoms with Gasteiger partial charge in [-0.25, -0.2) is 13.8 Å². The van der Waals surface area contributed by atoms with Crippen molar-refractivity contribution in [3.05, 3.63) is 76.5 Å². The maximum Gasteiger partial charge on any atom is 0.257 e. The molecule has 1 fully saturated rings. The predicted molar refractivity (Wildman–Crippen MR) is 121 cm³/mol. The molecule has 0 aliphatic carbocycles. The Kier molecular flexibility index (Phi) is 6.10. The third kappa shape index (κ3) is 4.43. The van der Waals surface area contributed by atoms with E-state index in [1.807, 2.05) is 4.90 Å². The molecule has 2 aromatic carbocycles. The number of fused-ring (bicyclic) bond motifs is 1. The topological polar surface area (TPSA) is 67.8 Å². The molecule has 5 rings (SSSR count). The fraction of sp³-hybridized carbons (Fsp3) is 0.320. The van der Waals surface area contributed by atoms with Gasteiger partial charge in [-0.2, -0.15) is 4.98 Å². The molecule has 1 saturated heterocycles. The van der Waals surface area contributed by atoms with Gasteiger partial charge in [-0.3, -0.25) is 4.79 Å². The molecule has 1 aromatic heterocycles. The number of ether oxygens (including phenoxy) is 2. The number of nitrogens with zero attached hydrogens (tertiary/aromatic N) is 4. The van der Waals surface area contributed by atoms with Gasteiger partial charge in [0.2, 0.25) is 11.8 Å². The fourth-order valence-electron chi connectivity index (χ4n) is 4.13. The molecule has 0 saturated carbocycles. The number of benzene rings is 2. The maximum absolute atomic E-state index is 14.2. The molecule has 3 heterocycles. The first-order valence-electron chi connectivity index (χ1n) is 11.2. The Hall–Kier alpha value is -3.59. The first-order valence-corrected chi connectivity index (χ1v) is 11.2. The molecule has 0 spiro atoms. The minimum absolute atomic E-state index is 0.0217. The minimum Gasteiger partial charge on any atom is -0.438 e. The molecular formula is C25H24F2N4O3. The van der Waals surface area contributed by atoms with Gasteiger partial charge in [0, 0.05) is 26.1 Å². The molecular weight excluding hydrogens is 442 g/mol. The number of carbonyl (C=O) groups is 1. The van der Waals surface area contributed by atoms with Crippen molar-refractivity contribution < 1.29 is 23.0 Å². The van der Waals surface area contributed by atoms with Crippen molar-refractivity contribution in [3.63, 3.8) is 0 Å². The van der Waals surface area contributed by atoms with Crippen molar-refractivity contribution in [1.82, 2.24) is 14.9 Å². The molecule has 34 heavy (non-hydrogen) atoms. The van der Waals surface area contributed by atoms with E-state index in [0.29, 0.717) is 68.0 Å². The summed E-state index contributed by atoms with van der Waals surface area (Å²) in [6, 6.07) is 10.4. The third-order valence-corrected chi connectivity index (χ3v) is 6.04. The van der Waals surface area contributed by atoms with Crippen molar-refractivity contribution in [2.24, 2.45) is 0 Å². The molecule has 9 heteroatoms. The van der Waals surface area contributed by atoms with Crippen LogP contribution in [0.25, 0.3) is 0 Å². The number of aryl methyl sites for hydroxylation is 1. The van der Waals surface area contributed by atoms with Gasteiger partial charge in [0.25, 0.3) is 5.91 Å². The molecule has 1 amide bonds.